The number of aromatic nitrogens is 1. The molecule has 1 aliphatic heterocycles. The van der Waals surface area contributed by atoms with Crippen molar-refractivity contribution in [1.29, 1.82) is 0 Å². The maximum absolute atomic E-state index is 14.6. The predicted octanol–water partition coefficient (Wildman–Crippen LogP) is 5.91. The second-order valence-corrected chi connectivity index (χ2v) is 21.4. The van der Waals surface area contributed by atoms with Gasteiger partial charge in [-0.15, -0.1) is 0 Å². The molecule has 1 aromatic heterocycles. The van der Waals surface area contributed by atoms with Gasteiger partial charge in [0.1, 0.15) is 6.73 Å². The molecule has 2 atom stereocenters. The first-order valence-electron chi connectivity index (χ1n) is 14.9. The highest BCUT2D eigenvalue weighted by molar-refractivity contribution is 7.93. The highest BCUT2D eigenvalue weighted by Crippen LogP contribution is 2.36. The Morgan fingerprint density at radius 1 is 1.02 bits per heavy atom. The van der Waals surface area contributed by atoms with Crippen LogP contribution in [-0.4, -0.2) is 61.7 Å². The second kappa shape index (κ2) is 14.4. The molecule has 0 spiro atoms. The molecule has 45 heavy (non-hydrogen) atoms. The third-order valence-corrected chi connectivity index (χ3v) is 12.9. The number of anilines is 1. The summed E-state index contributed by atoms with van der Waals surface area (Å²) in [5.74, 6) is 0.0938. The molecule has 0 bridgehead atoms. The summed E-state index contributed by atoms with van der Waals surface area (Å²) in [6, 6.07) is 12.0. The number of aryl methyl sites for hydroxylation is 1. The zero-order chi connectivity index (χ0) is 33.0. The largest absolute Gasteiger partial charge is 0.360 e. The summed E-state index contributed by atoms with van der Waals surface area (Å²) in [6.45, 7) is 12.2. The van der Waals surface area contributed by atoms with Crippen molar-refractivity contribution in [3.8, 4) is 11.1 Å². The monoisotopic (exact) mass is 680 g/mol. The molecular weight excluding hydrogens is 637 g/mol. The number of sulfonamides is 1. The summed E-state index contributed by atoms with van der Waals surface area (Å²) in [4.78, 5) is 0.0398. The van der Waals surface area contributed by atoms with Crippen molar-refractivity contribution in [2.75, 3.05) is 23.9 Å². The van der Waals surface area contributed by atoms with Gasteiger partial charge < -0.3 is 18.7 Å². The van der Waals surface area contributed by atoms with Crippen LogP contribution in [0.25, 0.3) is 11.1 Å². The van der Waals surface area contributed by atoms with Crippen LogP contribution in [0.4, 0.5) is 5.88 Å². The third-order valence-electron chi connectivity index (χ3n) is 7.94. The van der Waals surface area contributed by atoms with Crippen LogP contribution in [0, 0.1) is 13.8 Å². The summed E-state index contributed by atoms with van der Waals surface area (Å²) in [7, 11) is -9.68. The SMILES string of the molecule is Cc1noc(N(COC(C)[Si](C)(C)C)S(=O)(=O)c2ccccc2-c2ccc(COS(C)(=O)=O)cc2COC2CCCCO2)c1C. The van der Waals surface area contributed by atoms with Crippen LogP contribution in [0.15, 0.2) is 51.9 Å². The van der Waals surface area contributed by atoms with Crippen molar-refractivity contribution in [3.63, 3.8) is 0 Å². The van der Waals surface area contributed by atoms with Gasteiger partial charge in [0.25, 0.3) is 20.1 Å². The molecule has 2 unspecified atom stereocenters. The lowest BCUT2D eigenvalue weighted by Crippen LogP contribution is -2.42. The van der Waals surface area contributed by atoms with Gasteiger partial charge in [-0.2, -0.15) is 8.42 Å². The predicted molar refractivity (Wildman–Crippen MR) is 174 cm³/mol. The first-order valence-corrected chi connectivity index (χ1v) is 21.8. The summed E-state index contributed by atoms with van der Waals surface area (Å²) in [5.41, 5.74) is 3.33. The molecule has 1 aliphatic rings. The highest BCUT2D eigenvalue weighted by Gasteiger charge is 2.34. The summed E-state index contributed by atoms with van der Waals surface area (Å²) >= 11 is 0. The second-order valence-electron chi connectivity index (χ2n) is 12.4. The topological polar surface area (TPSA) is 134 Å². The fraction of sp³-hybridized carbons (Fsp3) is 0.516. The van der Waals surface area contributed by atoms with Gasteiger partial charge in [-0.1, -0.05) is 61.2 Å². The fourth-order valence-corrected chi connectivity index (χ4v) is 7.11. The first-order chi connectivity index (χ1) is 21.1. The van der Waals surface area contributed by atoms with Crippen LogP contribution in [-0.2, 0) is 51.7 Å². The molecule has 0 amide bonds. The van der Waals surface area contributed by atoms with Gasteiger partial charge in [-0.3, -0.25) is 4.18 Å². The molecule has 0 aliphatic carbocycles. The van der Waals surface area contributed by atoms with Crippen LogP contribution >= 0.6 is 0 Å². The van der Waals surface area contributed by atoms with Gasteiger partial charge in [0.2, 0.25) is 5.88 Å². The molecule has 2 heterocycles. The van der Waals surface area contributed by atoms with Gasteiger partial charge in [0.15, 0.2) is 6.29 Å². The number of benzene rings is 2. The minimum Gasteiger partial charge on any atom is -0.360 e. The molecule has 1 saturated heterocycles. The van der Waals surface area contributed by atoms with Crippen molar-refractivity contribution in [2.24, 2.45) is 0 Å². The summed E-state index contributed by atoms with van der Waals surface area (Å²) in [5, 5.41) is 4.02. The molecular formula is C31H44N2O9S2Si. The Kier molecular flexibility index (Phi) is 11.3. The van der Waals surface area contributed by atoms with Crippen LogP contribution < -0.4 is 4.31 Å². The molecule has 1 fully saturated rings. The Morgan fingerprint density at radius 3 is 2.38 bits per heavy atom. The molecule has 2 aromatic carbocycles. The number of ether oxygens (including phenoxy) is 3. The van der Waals surface area contributed by atoms with E-state index >= 15 is 0 Å². The molecule has 248 valence electrons. The number of nitrogens with zero attached hydrogens (tertiary/aromatic N) is 2. The van der Waals surface area contributed by atoms with Crippen LogP contribution in [0.2, 0.25) is 19.6 Å². The van der Waals surface area contributed by atoms with Crippen LogP contribution in [0.3, 0.4) is 0 Å². The van der Waals surface area contributed by atoms with Gasteiger partial charge in [-0.05, 0) is 62.8 Å². The van der Waals surface area contributed by atoms with Gasteiger partial charge >= 0.3 is 0 Å². The van der Waals surface area contributed by atoms with E-state index in [1.54, 1.807) is 56.3 Å². The number of hydrogen-bond acceptors (Lipinski definition) is 10. The van der Waals surface area contributed by atoms with E-state index in [4.69, 9.17) is 22.9 Å². The molecule has 0 N–H and O–H groups in total. The van der Waals surface area contributed by atoms with Crippen molar-refractivity contribution in [2.45, 2.75) is 89.8 Å². The first kappa shape index (κ1) is 35.3. The van der Waals surface area contributed by atoms with Crippen LogP contribution in [0.1, 0.15) is 48.6 Å². The van der Waals surface area contributed by atoms with E-state index < -0.39 is 28.2 Å². The zero-order valence-electron chi connectivity index (χ0n) is 27.0. The van der Waals surface area contributed by atoms with E-state index in [0.29, 0.717) is 40.1 Å². The number of rotatable bonds is 14. The highest BCUT2D eigenvalue weighted by atomic mass is 32.2. The van der Waals surface area contributed by atoms with Crippen molar-refractivity contribution in [3.05, 3.63) is 64.8 Å². The maximum Gasteiger partial charge on any atom is 0.269 e. The quantitative estimate of drug-likeness (QED) is 0.115. The normalized spacial score (nSPS) is 16.9. The minimum absolute atomic E-state index is 0.0398. The molecule has 14 heteroatoms. The van der Waals surface area contributed by atoms with Crippen molar-refractivity contribution in [1.82, 2.24) is 5.16 Å². The Balaban J connectivity index is 1.78. The lowest BCUT2D eigenvalue weighted by molar-refractivity contribution is -0.168. The summed E-state index contributed by atoms with van der Waals surface area (Å²) in [6.07, 6.45) is 3.30. The lowest BCUT2D eigenvalue weighted by atomic mass is 9.98. The molecule has 4 rings (SSSR count). The Morgan fingerprint density at radius 2 is 1.76 bits per heavy atom. The van der Waals surface area contributed by atoms with Gasteiger partial charge in [0.05, 0.1) is 38.1 Å². The van der Waals surface area contributed by atoms with Gasteiger partial charge in [0, 0.05) is 23.5 Å². The van der Waals surface area contributed by atoms with E-state index in [1.807, 2.05) is 6.92 Å². The van der Waals surface area contributed by atoms with E-state index in [1.165, 1.54) is 0 Å². The average Bonchev–Trinajstić information content (AvgIpc) is 3.31. The maximum atomic E-state index is 14.6. The molecule has 3 aromatic rings. The summed E-state index contributed by atoms with van der Waals surface area (Å²) < 4.78 is 82.2. The molecule has 0 radical (unpaired) electrons. The van der Waals surface area contributed by atoms with Crippen LogP contribution in [0.5, 0.6) is 0 Å². The Labute approximate surface area is 268 Å². The average molecular weight is 681 g/mol. The Hall–Kier alpha value is -2.59. The molecule has 11 nitrogen and oxygen atoms in total. The minimum atomic E-state index is -4.25. The third kappa shape index (κ3) is 9.03. The number of hydrogen-bond donors (Lipinski definition) is 0. The van der Waals surface area contributed by atoms with E-state index in [9.17, 15) is 16.8 Å². The van der Waals surface area contributed by atoms with Crippen molar-refractivity contribution < 1.29 is 39.8 Å². The Bertz CT molecular complexity index is 1680. The lowest BCUT2D eigenvalue weighted by Gasteiger charge is -2.29. The van der Waals surface area contributed by atoms with E-state index in [0.717, 1.165) is 29.8 Å². The fourth-order valence-electron chi connectivity index (χ4n) is 4.65. The standard InChI is InChI=1S/C31H44N2O9S2Si/c1-22-23(2)32-42-31(22)33(21-40-24(3)45(5,6)7)44(36,37)29-13-9-8-12-28(29)27-16-15-25(19-41-43(4,34)35)18-26(27)20-39-30-14-10-11-17-38-30/h8-9,12-13,15-16,18,24,30H,10-11,14,17,19-21H2,1-7H3. The van der Waals surface area contributed by atoms with E-state index in [-0.39, 0.29) is 42.7 Å². The van der Waals surface area contributed by atoms with Gasteiger partial charge in [-0.25, -0.2) is 12.7 Å². The van der Waals surface area contributed by atoms with Crippen molar-refractivity contribution >= 4 is 34.1 Å². The molecule has 0 saturated carbocycles. The smallest absolute Gasteiger partial charge is 0.269 e. The zero-order valence-corrected chi connectivity index (χ0v) is 29.7. The van der Waals surface area contributed by atoms with E-state index in [2.05, 4.69) is 24.8 Å².